The third kappa shape index (κ3) is 0.646. The zero-order valence-electron chi connectivity index (χ0n) is 3.59. The van der Waals surface area contributed by atoms with Crippen molar-refractivity contribution in [3.8, 4) is 0 Å². The Bertz CT molecular complexity index is 58.0. The van der Waals surface area contributed by atoms with E-state index >= 15 is 0 Å². The molecule has 0 aliphatic heterocycles. The summed E-state index contributed by atoms with van der Waals surface area (Å²) in [5, 5.41) is 0. The molecule has 0 fully saturated rings. The molecule has 0 saturated heterocycles. The van der Waals surface area contributed by atoms with Gasteiger partial charge in [-0.2, -0.15) is 30.7 Å². The highest BCUT2D eigenvalue weighted by atomic mass is 13.8. The summed E-state index contributed by atoms with van der Waals surface area (Å²) in [6.07, 6.45) is 11.5. The molecule has 0 radical (unpaired) electrons. The van der Waals surface area contributed by atoms with Crippen molar-refractivity contribution < 1.29 is 0 Å². The largest absolute Gasteiger partial charge is 0.187 e. The fourth-order valence-electron chi connectivity index (χ4n) is 0.457. The molecule has 1 aliphatic rings. The molecule has 0 N–H and O–H groups in total. The number of rotatable bonds is 0. The van der Waals surface area contributed by atoms with E-state index in [2.05, 4.69) is 24.3 Å². The first-order chi connectivity index (χ1) is 3.00. The molecule has 0 aromatic carbocycles. The van der Waals surface area contributed by atoms with Crippen molar-refractivity contribution in [3.63, 3.8) is 0 Å². The molecule has 0 amide bonds. The molecule has 32 valence electrons. The standard InChI is InChI=1S/C6H7/c1-2-4-6-5-3-1/h1-5H,6H2/q-1. The fourth-order valence-corrected chi connectivity index (χ4v) is 0.457. The fraction of sp³-hybridized carbons (Fsp3) is 0.167. The summed E-state index contributed by atoms with van der Waals surface area (Å²) >= 11 is 0. The topological polar surface area (TPSA) is 0 Å². The van der Waals surface area contributed by atoms with Gasteiger partial charge in [-0.3, -0.25) is 0 Å². The van der Waals surface area contributed by atoms with Gasteiger partial charge < -0.3 is 0 Å². The lowest BCUT2D eigenvalue weighted by Crippen LogP contribution is -1.67. The van der Waals surface area contributed by atoms with Crippen LogP contribution in [0.3, 0.4) is 0 Å². The van der Waals surface area contributed by atoms with E-state index in [9.17, 15) is 0 Å². The second-order valence-electron chi connectivity index (χ2n) is 1.28. The molecule has 0 aromatic heterocycles. The van der Waals surface area contributed by atoms with Gasteiger partial charge in [-0.05, 0) is 0 Å². The predicted molar refractivity (Wildman–Crippen MR) is 27.2 cm³/mol. The summed E-state index contributed by atoms with van der Waals surface area (Å²) in [5.41, 5.74) is 0. The maximum Gasteiger partial charge on any atom is -0.106 e. The van der Waals surface area contributed by atoms with Crippen molar-refractivity contribution in [3.05, 3.63) is 30.7 Å². The van der Waals surface area contributed by atoms with E-state index < -0.39 is 0 Å². The monoisotopic (exact) mass is 79.1 g/mol. The number of hydrogen-bond acceptors (Lipinski definition) is 0. The Hall–Kier alpha value is -0.650. The van der Waals surface area contributed by atoms with Crippen molar-refractivity contribution in [1.82, 2.24) is 0 Å². The second-order valence-corrected chi connectivity index (χ2v) is 1.28. The molecule has 0 heterocycles. The van der Waals surface area contributed by atoms with E-state index in [1.165, 1.54) is 0 Å². The molecule has 0 unspecified atom stereocenters. The smallest absolute Gasteiger partial charge is 0.106 e. The molecule has 1 rings (SSSR count). The second kappa shape index (κ2) is 1.71. The maximum atomic E-state index is 2.12. The molecular formula is C6H7-. The van der Waals surface area contributed by atoms with E-state index in [0.29, 0.717) is 0 Å². The molecule has 0 saturated carbocycles. The van der Waals surface area contributed by atoms with Crippen LogP contribution in [0.1, 0.15) is 6.42 Å². The van der Waals surface area contributed by atoms with Gasteiger partial charge in [0.1, 0.15) is 0 Å². The molecular weight excluding hydrogens is 72.1 g/mol. The Labute approximate surface area is 38.2 Å². The molecule has 1 aliphatic carbocycles. The average Bonchev–Trinajstić information content (AvgIpc) is 1.72. The SMILES string of the molecule is C1=CCC=C[CH-]1. The van der Waals surface area contributed by atoms with Gasteiger partial charge in [-0.15, -0.1) is 6.42 Å². The highest BCUT2D eigenvalue weighted by Gasteiger charge is 1.65. The lowest BCUT2D eigenvalue weighted by Gasteiger charge is -1.98. The summed E-state index contributed by atoms with van der Waals surface area (Å²) < 4.78 is 0. The minimum absolute atomic E-state index is 1.11. The number of allylic oxidation sites excluding steroid dienone is 4. The first-order valence-corrected chi connectivity index (χ1v) is 2.15. The molecule has 0 heteroatoms. The van der Waals surface area contributed by atoms with Crippen molar-refractivity contribution in [2.45, 2.75) is 6.42 Å². The summed E-state index contributed by atoms with van der Waals surface area (Å²) in [7, 11) is 0. The first-order valence-electron chi connectivity index (χ1n) is 2.15. The zero-order chi connectivity index (χ0) is 4.24. The van der Waals surface area contributed by atoms with Gasteiger partial charge in [0.15, 0.2) is 0 Å². The van der Waals surface area contributed by atoms with Gasteiger partial charge >= 0.3 is 0 Å². The van der Waals surface area contributed by atoms with Crippen LogP contribution in [0.2, 0.25) is 0 Å². The van der Waals surface area contributed by atoms with E-state index in [-0.39, 0.29) is 0 Å². The molecule has 0 atom stereocenters. The Morgan fingerprint density at radius 2 is 1.83 bits per heavy atom. The van der Waals surface area contributed by atoms with Crippen molar-refractivity contribution >= 4 is 0 Å². The van der Waals surface area contributed by atoms with Gasteiger partial charge in [0.25, 0.3) is 0 Å². The van der Waals surface area contributed by atoms with Gasteiger partial charge in [0.05, 0.1) is 0 Å². The van der Waals surface area contributed by atoms with Crippen LogP contribution >= 0.6 is 0 Å². The van der Waals surface area contributed by atoms with Gasteiger partial charge in [-0.25, -0.2) is 0 Å². The van der Waals surface area contributed by atoms with Crippen LogP contribution in [-0.4, -0.2) is 0 Å². The lowest BCUT2D eigenvalue weighted by molar-refractivity contribution is 1.34. The Kier molecular flexibility index (Phi) is 1.01. The summed E-state index contributed by atoms with van der Waals surface area (Å²) in [6.45, 7) is 0. The first kappa shape index (κ1) is 3.54. The van der Waals surface area contributed by atoms with Crippen LogP contribution < -0.4 is 0 Å². The van der Waals surface area contributed by atoms with Crippen molar-refractivity contribution in [1.29, 1.82) is 0 Å². The van der Waals surface area contributed by atoms with Gasteiger partial charge in [0, 0.05) is 0 Å². The van der Waals surface area contributed by atoms with E-state index in [1.54, 1.807) is 0 Å². The normalized spacial score (nSPS) is 17.3. The molecule has 6 heavy (non-hydrogen) atoms. The molecule has 0 nitrogen and oxygen atoms in total. The predicted octanol–water partition coefficient (Wildman–Crippen LogP) is 1.71. The van der Waals surface area contributed by atoms with Crippen LogP contribution in [0.15, 0.2) is 24.3 Å². The summed E-state index contributed by atoms with van der Waals surface area (Å²) in [4.78, 5) is 0. The van der Waals surface area contributed by atoms with Crippen LogP contribution in [0.5, 0.6) is 0 Å². The van der Waals surface area contributed by atoms with Crippen molar-refractivity contribution in [2.24, 2.45) is 0 Å². The minimum Gasteiger partial charge on any atom is -0.187 e. The lowest BCUT2D eigenvalue weighted by atomic mass is 10.2. The third-order valence-corrected chi connectivity index (χ3v) is 0.767. The van der Waals surface area contributed by atoms with Crippen LogP contribution in [0.25, 0.3) is 0 Å². The summed E-state index contributed by atoms with van der Waals surface area (Å²) in [6, 6.07) is 0. The Morgan fingerprint density at radius 1 is 1.17 bits per heavy atom. The highest BCUT2D eigenvalue weighted by molar-refractivity contribution is 5.14. The third-order valence-electron chi connectivity index (χ3n) is 0.767. The molecule has 0 spiro atoms. The van der Waals surface area contributed by atoms with Crippen molar-refractivity contribution in [2.75, 3.05) is 0 Å². The van der Waals surface area contributed by atoms with Gasteiger partial charge in [-0.1, -0.05) is 0 Å². The molecule has 0 aromatic rings. The maximum absolute atomic E-state index is 2.12. The minimum atomic E-state index is 1.11. The van der Waals surface area contributed by atoms with Crippen LogP contribution in [0.4, 0.5) is 0 Å². The summed E-state index contributed by atoms with van der Waals surface area (Å²) in [5.74, 6) is 0. The van der Waals surface area contributed by atoms with E-state index in [4.69, 9.17) is 0 Å². The zero-order valence-corrected chi connectivity index (χ0v) is 3.59. The number of hydrogen-bond donors (Lipinski definition) is 0. The van der Waals surface area contributed by atoms with Crippen LogP contribution in [-0.2, 0) is 0 Å². The van der Waals surface area contributed by atoms with Gasteiger partial charge in [0.2, 0.25) is 0 Å². The van der Waals surface area contributed by atoms with E-state index in [1.807, 2.05) is 6.42 Å². The Balaban J connectivity index is 2.40. The quantitative estimate of drug-likeness (QED) is 0.388. The Morgan fingerprint density at radius 3 is 2.00 bits per heavy atom. The van der Waals surface area contributed by atoms with E-state index in [0.717, 1.165) is 6.42 Å². The average molecular weight is 79.1 g/mol. The van der Waals surface area contributed by atoms with Crippen LogP contribution in [0, 0.1) is 6.42 Å². The highest BCUT2D eigenvalue weighted by Crippen LogP contribution is 1.95. The molecule has 0 bridgehead atoms.